The highest BCUT2D eigenvalue weighted by molar-refractivity contribution is 5.33. The summed E-state index contributed by atoms with van der Waals surface area (Å²) in [5, 5.41) is 12.5. The SMILES string of the molecule is OCCc1ccccc1OCCCC1CCCN1. The molecule has 2 N–H and O–H groups in total. The minimum absolute atomic E-state index is 0.173. The third-order valence-electron chi connectivity index (χ3n) is 3.47. The fourth-order valence-corrected chi connectivity index (χ4v) is 2.49. The van der Waals surface area contributed by atoms with Gasteiger partial charge in [-0.3, -0.25) is 0 Å². The number of ether oxygens (including phenoxy) is 1. The Kier molecular flexibility index (Phi) is 5.49. The van der Waals surface area contributed by atoms with Gasteiger partial charge in [0, 0.05) is 12.6 Å². The average molecular weight is 249 g/mol. The molecule has 1 aliphatic heterocycles. The first-order chi connectivity index (χ1) is 8.90. The molecule has 0 amide bonds. The molecule has 0 aromatic heterocycles. The summed E-state index contributed by atoms with van der Waals surface area (Å²) < 4.78 is 5.81. The Bertz CT molecular complexity index is 348. The summed E-state index contributed by atoms with van der Waals surface area (Å²) in [4.78, 5) is 0. The second-order valence-corrected chi connectivity index (χ2v) is 4.87. The molecule has 1 saturated heterocycles. The third kappa shape index (κ3) is 4.00. The summed E-state index contributed by atoms with van der Waals surface area (Å²) in [6.45, 7) is 2.11. The van der Waals surface area contributed by atoms with Gasteiger partial charge in [0.2, 0.25) is 0 Å². The summed E-state index contributed by atoms with van der Waals surface area (Å²) in [6.07, 6.45) is 5.57. The van der Waals surface area contributed by atoms with Crippen LogP contribution in [0.15, 0.2) is 24.3 Å². The number of para-hydroxylation sites is 1. The van der Waals surface area contributed by atoms with Crippen LogP contribution in [0.5, 0.6) is 5.75 Å². The van der Waals surface area contributed by atoms with E-state index in [9.17, 15) is 0 Å². The van der Waals surface area contributed by atoms with Gasteiger partial charge in [-0.25, -0.2) is 0 Å². The Labute approximate surface area is 109 Å². The van der Waals surface area contributed by atoms with Crippen molar-refractivity contribution in [1.29, 1.82) is 0 Å². The molecule has 2 rings (SSSR count). The lowest BCUT2D eigenvalue weighted by Crippen LogP contribution is -2.21. The van der Waals surface area contributed by atoms with Gasteiger partial charge in [0.1, 0.15) is 5.75 Å². The zero-order chi connectivity index (χ0) is 12.6. The van der Waals surface area contributed by atoms with E-state index in [1.54, 1.807) is 0 Å². The normalized spacial score (nSPS) is 19.1. The molecule has 3 nitrogen and oxygen atoms in total. The third-order valence-corrected chi connectivity index (χ3v) is 3.47. The van der Waals surface area contributed by atoms with Crippen LogP contribution in [-0.4, -0.2) is 30.9 Å². The minimum Gasteiger partial charge on any atom is -0.493 e. The van der Waals surface area contributed by atoms with E-state index in [-0.39, 0.29) is 6.61 Å². The number of aliphatic hydroxyl groups is 1. The first-order valence-corrected chi connectivity index (χ1v) is 6.95. The van der Waals surface area contributed by atoms with Gasteiger partial charge in [0.15, 0.2) is 0 Å². The maximum absolute atomic E-state index is 9.00. The topological polar surface area (TPSA) is 41.5 Å². The van der Waals surface area contributed by atoms with Crippen molar-refractivity contribution in [2.45, 2.75) is 38.1 Å². The molecular formula is C15H23NO2. The van der Waals surface area contributed by atoms with E-state index in [0.717, 1.165) is 24.3 Å². The lowest BCUT2D eigenvalue weighted by molar-refractivity contribution is 0.282. The molecule has 1 aliphatic rings. The molecule has 0 aliphatic carbocycles. The molecule has 0 spiro atoms. The van der Waals surface area contributed by atoms with Gasteiger partial charge < -0.3 is 15.2 Å². The molecule has 1 unspecified atom stereocenters. The quantitative estimate of drug-likeness (QED) is 0.727. The van der Waals surface area contributed by atoms with Crippen LogP contribution in [0.25, 0.3) is 0 Å². The molecular weight excluding hydrogens is 226 g/mol. The van der Waals surface area contributed by atoms with Crippen molar-refractivity contribution in [3.05, 3.63) is 29.8 Å². The molecule has 100 valence electrons. The molecule has 1 aromatic carbocycles. The zero-order valence-electron chi connectivity index (χ0n) is 10.9. The molecule has 1 aromatic rings. The molecule has 18 heavy (non-hydrogen) atoms. The van der Waals surface area contributed by atoms with Crippen LogP contribution in [-0.2, 0) is 6.42 Å². The van der Waals surface area contributed by atoms with Crippen LogP contribution in [0, 0.1) is 0 Å². The number of hydrogen-bond donors (Lipinski definition) is 2. The molecule has 0 bridgehead atoms. The molecule has 0 radical (unpaired) electrons. The predicted octanol–water partition coefficient (Wildman–Crippen LogP) is 2.13. The van der Waals surface area contributed by atoms with Crippen molar-refractivity contribution < 1.29 is 9.84 Å². The van der Waals surface area contributed by atoms with Gasteiger partial charge in [-0.1, -0.05) is 18.2 Å². The van der Waals surface area contributed by atoms with E-state index in [1.807, 2.05) is 24.3 Å². The number of nitrogens with one attached hydrogen (secondary N) is 1. The fraction of sp³-hybridized carbons (Fsp3) is 0.600. The minimum atomic E-state index is 0.173. The predicted molar refractivity (Wildman–Crippen MR) is 73.0 cm³/mol. The van der Waals surface area contributed by atoms with E-state index in [1.165, 1.54) is 25.8 Å². The monoisotopic (exact) mass is 249 g/mol. The van der Waals surface area contributed by atoms with Crippen molar-refractivity contribution in [2.24, 2.45) is 0 Å². The highest BCUT2D eigenvalue weighted by Crippen LogP contribution is 2.19. The van der Waals surface area contributed by atoms with Crippen LogP contribution in [0.1, 0.15) is 31.2 Å². The van der Waals surface area contributed by atoms with Crippen LogP contribution in [0.3, 0.4) is 0 Å². The Morgan fingerprint density at radius 3 is 3.00 bits per heavy atom. The number of aliphatic hydroxyl groups excluding tert-OH is 1. The van der Waals surface area contributed by atoms with Crippen molar-refractivity contribution >= 4 is 0 Å². The Morgan fingerprint density at radius 2 is 2.22 bits per heavy atom. The second kappa shape index (κ2) is 7.39. The lowest BCUT2D eigenvalue weighted by Gasteiger charge is -2.12. The van der Waals surface area contributed by atoms with E-state index < -0.39 is 0 Å². The Morgan fingerprint density at radius 1 is 1.33 bits per heavy atom. The molecule has 1 heterocycles. The summed E-state index contributed by atoms with van der Waals surface area (Å²) in [6, 6.07) is 8.67. The summed E-state index contributed by atoms with van der Waals surface area (Å²) in [5.41, 5.74) is 1.10. The van der Waals surface area contributed by atoms with Crippen molar-refractivity contribution in [3.63, 3.8) is 0 Å². The Balaban J connectivity index is 1.72. The van der Waals surface area contributed by atoms with Gasteiger partial charge in [-0.2, -0.15) is 0 Å². The van der Waals surface area contributed by atoms with Gasteiger partial charge in [-0.15, -0.1) is 0 Å². The van der Waals surface area contributed by atoms with E-state index in [0.29, 0.717) is 12.5 Å². The molecule has 3 heteroatoms. The highest BCUT2D eigenvalue weighted by Gasteiger charge is 2.13. The zero-order valence-corrected chi connectivity index (χ0v) is 10.9. The second-order valence-electron chi connectivity index (χ2n) is 4.87. The van der Waals surface area contributed by atoms with Crippen molar-refractivity contribution in [1.82, 2.24) is 5.32 Å². The molecule has 1 atom stereocenters. The first kappa shape index (κ1) is 13.4. The molecule has 1 fully saturated rings. The van der Waals surface area contributed by atoms with Crippen molar-refractivity contribution in [2.75, 3.05) is 19.8 Å². The largest absolute Gasteiger partial charge is 0.493 e. The van der Waals surface area contributed by atoms with Crippen LogP contribution >= 0.6 is 0 Å². The van der Waals surface area contributed by atoms with Crippen LogP contribution in [0.2, 0.25) is 0 Å². The van der Waals surface area contributed by atoms with E-state index >= 15 is 0 Å². The Hall–Kier alpha value is -1.06. The number of benzene rings is 1. The average Bonchev–Trinajstić information content (AvgIpc) is 2.90. The standard InChI is InChI=1S/C15H23NO2/c17-11-9-13-5-1-2-8-15(13)18-12-4-7-14-6-3-10-16-14/h1-2,5,8,14,16-17H,3-4,6-7,9-12H2. The molecule has 0 saturated carbocycles. The maximum Gasteiger partial charge on any atom is 0.122 e. The maximum atomic E-state index is 9.00. The first-order valence-electron chi connectivity index (χ1n) is 6.95. The fourth-order valence-electron chi connectivity index (χ4n) is 2.49. The van der Waals surface area contributed by atoms with Gasteiger partial charge in [0.05, 0.1) is 6.61 Å². The summed E-state index contributed by atoms with van der Waals surface area (Å²) in [7, 11) is 0. The van der Waals surface area contributed by atoms with Crippen LogP contribution in [0.4, 0.5) is 0 Å². The van der Waals surface area contributed by atoms with E-state index in [2.05, 4.69) is 5.32 Å². The summed E-state index contributed by atoms with van der Waals surface area (Å²) >= 11 is 0. The van der Waals surface area contributed by atoms with E-state index in [4.69, 9.17) is 9.84 Å². The van der Waals surface area contributed by atoms with Crippen LogP contribution < -0.4 is 10.1 Å². The van der Waals surface area contributed by atoms with Gasteiger partial charge in [-0.05, 0) is 50.3 Å². The van der Waals surface area contributed by atoms with Crippen molar-refractivity contribution in [3.8, 4) is 5.75 Å². The smallest absolute Gasteiger partial charge is 0.122 e. The highest BCUT2D eigenvalue weighted by atomic mass is 16.5. The summed E-state index contributed by atoms with van der Waals surface area (Å²) in [5.74, 6) is 0.922. The lowest BCUT2D eigenvalue weighted by atomic mass is 10.1. The van der Waals surface area contributed by atoms with Gasteiger partial charge >= 0.3 is 0 Å². The van der Waals surface area contributed by atoms with Gasteiger partial charge in [0.25, 0.3) is 0 Å². The number of rotatable bonds is 7. The number of hydrogen-bond acceptors (Lipinski definition) is 3.